The maximum atomic E-state index is 12.4. The number of halogens is 4. The number of rotatable bonds is 3. The molecule has 0 saturated carbocycles. The van der Waals surface area contributed by atoms with Gasteiger partial charge in [-0.05, 0) is 24.1 Å². The van der Waals surface area contributed by atoms with Gasteiger partial charge in [0.2, 0.25) is 0 Å². The fourth-order valence-corrected chi connectivity index (χ4v) is 1.97. The zero-order chi connectivity index (χ0) is 12.3. The van der Waals surface area contributed by atoms with E-state index in [2.05, 4.69) is 15.9 Å². The fourth-order valence-electron chi connectivity index (χ4n) is 1.30. The minimum absolute atomic E-state index is 0.103. The molecule has 1 atom stereocenters. The Morgan fingerprint density at radius 2 is 2.00 bits per heavy atom. The molecular weight excluding hydrogens is 287 g/mol. The largest absolute Gasteiger partial charge is 0.416 e. The molecule has 1 aromatic rings. The summed E-state index contributed by atoms with van der Waals surface area (Å²) in [6, 6.07) is 2.83. The first kappa shape index (κ1) is 13.5. The van der Waals surface area contributed by atoms with Gasteiger partial charge in [0.25, 0.3) is 0 Å². The van der Waals surface area contributed by atoms with Crippen LogP contribution >= 0.6 is 15.9 Å². The predicted molar refractivity (Wildman–Crippen MR) is 57.8 cm³/mol. The number of aliphatic hydroxyl groups excluding tert-OH is 1. The van der Waals surface area contributed by atoms with Crippen molar-refractivity contribution in [1.29, 1.82) is 0 Å². The minimum atomic E-state index is -4.36. The van der Waals surface area contributed by atoms with Crippen LogP contribution in [0.5, 0.6) is 0 Å². The van der Waals surface area contributed by atoms with E-state index in [1.54, 1.807) is 0 Å². The quantitative estimate of drug-likeness (QED) is 0.901. The molecule has 0 aliphatic rings. The van der Waals surface area contributed by atoms with E-state index in [0.29, 0.717) is 16.5 Å². The highest BCUT2D eigenvalue weighted by molar-refractivity contribution is 9.10. The summed E-state index contributed by atoms with van der Waals surface area (Å²) in [5.74, 6) is 0. The molecular formula is C10H11BrF3NO. The highest BCUT2D eigenvalue weighted by Crippen LogP contribution is 2.33. The maximum Gasteiger partial charge on any atom is 0.416 e. The molecule has 1 rings (SSSR count). The molecule has 2 nitrogen and oxygen atoms in total. The van der Waals surface area contributed by atoms with Gasteiger partial charge in [-0.1, -0.05) is 22.0 Å². The fraction of sp³-hybridized carbons (Fsp3) is 0.400. The molecule has 1 aromatic carbocycles. The van der Waals surface area contributed by atoms with Crippen molar-refractivity contribution >= 4 is 15.9 Å². The molecule has 0 radical (unpaired) electrons. The topological polar surface area (TPSA) is 46.2 Å². The van der Waals surface area contributed by atoms with Gasteiger partial charge in [0, 0.05) is 17.1 Å². The van der Waals surface area contributed by atoms with Crippen molar-refractivity contribution in [3.05, 3.63) is 33.8 Å². The van der Waals surface area contributed by atoms with E-state index < -0.39 is 17.8 Å². The SMILES string of the molecule is N[C@H](CCO)c1ccc(C(F)(F)F)cc1Br. The Morgan fingerprint density at radius 3 is 2.44 bits per heavy atom. The van der Waals surface area contributed by atoms with Gasteiger partial charge in [0.05, 0.1) is 5.56 Å². The third-order valence-corrected chi connectivity index (χ3v) is 2.85. The van der Waals surface area contributed by atoms with Crippen LogP contribution in [0.4, 0.5) is 13.2 Å². The summed E-state index contributed by atoms with van der Waals surface area (Å²) in [7, 11) is 0. The third-order valence-electron chi connectivity index (χ3n) is 2.17. The zero-order valence-electron chi connectivity index (χ0n) is 8.26. The molecule has 0 aliphatic carbocycles. The number of hydrogen-bond donors (Lipinski definition) is 2. The van der Waals surface area contributed by atoms with Crippen LogP contribution in [0.3, 0.4) is 0 Å². The molecule has 6 heteroatoms. The van der Waals surface area contributed by atoms with Crippen molar-refractivity contribution in [3.8, 4) is 0 Å². The first-order valence-corrected chi connectivity index (χ1v) is 5.38. The number of alkyl halides is 3. The van der Waals surface area contributed by atoms with Gasteiger partial charge < -0.3 is 10.8 Å². The Bertz CT molecular complexity index is 368. The van der Waals surface area contributed by atoms with Crippen LogP contribution in [0, 0.1) is 0 Å². The molecule has 0 spiro atoms. The van der Waals surface area contributed by atoms with E-state index in [4.69, 9.17) is 10.8 Å². The van der Waals surface area contributed by atoms with E-state index in [0.717, 1.165) is 12.1 Å². The van der Waals surface area contributed by atoms with Crippen LogP contribution in [0.1, 0.15) is 23.6 Å². The van der Waals surface area contributed by atoms with Crippen molar-refractivity contribution in [2.45, 2.75) is 18.6 Å². The molecule has 0 heterocycles. The molecule has 0 unspecified atom stereocenters. The van der Waals surface area contributed by atoms with Gasteiger partial charge in [-0.15, -0.1) is 0 Å². The lowest BCUT2D eigenvalue weighted by molar-refractivity contribution is -0.137. The van der Waals surface area contributed by atoms with Crippen LogP contribution in [0.2, 0.25) is 0 Å². The number of benzene rings is 1. The van der Waals surface area contributed by atoms with E-state index in [1.807, 2.05) is 0 Å². The van der Waals surface area contributed by atoms with Crippen molar-refractivity contribution in [1.82, 2.24) is 0 Å². The zero-order valence-corrected chi connectivity index (χ0v) is 9.85. The van der Waals surface area contributed by atoms with Gasteiger partial charge in [0.15, 0.2) is 0 Å². The van der Waals surface area contributed by atoms with Crippen LogP contribution in [0.25, 0.3) is 0 Å². The van der Waals surface area contributed by atoms with E-state index in [-0.39, 0.29) is 6.61 Å². The molecule has 0 bridgehead atoms. The average Bonchev–Trinajstić information content (AvgIpc) is 2.16. The summed E-state index contributed by atoms with van der Waals surface area (Å²) in [5, 5.41) is 8.70. The predicted octanol–water partition coefficient (Wildman–Crippen LogP) is 2.85. The smallest absolute Gasteiger partial charge is 0.396 e. The van der Waals surface area contributed by atoms with Crippen molar-refractivity contribution in [3.63, 3.8) is 0 Å². The standard InChI is InChI=1S/C10H11BrF3NO/c11-8-5-6(10(12,13)14)1-2-7(8)9(15)3-4-16/h1-2,5,9,16H,3-4,15H2/t9-/m1/s1. The Kier molecular flexibility index (Phi) is 4.35. The lowest BCUT2D eigenvalue weighted by Crippen LogP contribution is -2.13. The second kappa shape index (κ2) is 5.16. The van der Waals surface area contributed by atoms with Crippen molar-refractivity contribution < 1.29 is 18.3 Å². The maximum absolute atomic E-state index is 12.4. The summed E-state index contributed by atoms with van der Waals surface area (Å²) in [4.78, 5) is 0. The Balaban J connectivity index is 3.00. The molecule has 3 N–H and O–H groups in total. The average molecular weight is 298 g/mol. The van der Waals surface area contributed by atoms with Crippen LogP contribution in [0.15, 0.2) is 22.7 Å². The summed E-state index contributed by atoms with van der Waals surface area (Å²) >= 11 is 3.05. The third kappa shape index (κ3) is 3.20. The number of hydrogen-bond acceptors (Lipinski definition) is 2. The second-order valence-electron chi connectivity index (χ2n) is 3.35. The van der Waals surface area contributed by atoms with Gasteiger partial charge in [-0.25, -0.2) is 0 Å². The summed E-state index contributed by atoms with van der Waals surface area (Å²) in [5.41, 5.74) is 5.53. The molecule has 0 saturated heterocycles. The Morgan fingerprint density at radius 1 is 1.38 bits per heavy atom. The minimum Gasteiger partial charge on any atom is -0.396 e. The van der Waals surface area contributed by atoms with Crippen LogP contribution < -0.4 is 5.73 Å². The molecule has 0 amide bonds. The van der Waals surface area contributed by atoms with Gasteiger partial charge >= 0.3 is 6.18 Å². The Hall–Kier alpha value is -0.590. The summed E-state index contributed by atoms with van der Waals surface area (Å²) in [6.07, 6.45) is -4.05. The Labute approximate surface area is 99.4 Å². The van der Waals surface area contributed by atoms with E-state index in [1.165, 1.54) is 6.07 Å². The van der Waals surface area contributed by atoms with Crippen molar-refractivity contribution in [2.24, 2.45) is 5.73 Å². The second-order valence-corrected chi connectivity index (χ2v) is 4.21. The molecule has 0 aromatic heterocycles. The first-order chi connectivity index (χ1) is 7.36. The normalized spacial score (nSPS) is 13.9. The number of nitrogens with two attached hydrogens (primary N) is 1. The summed E-state index contributed by atoms with van der Waals surface area (Å²) < 4.78 is 37.4. The molecule has 16 heavy (non-hydrogen) atoms. The highest BCUT2D eigenvalue weighted by Gasteiger charge is 2.31. The number of aliphatic hydroxyl groups is 1. The van der Waals surface area contributed by atoms with E-state index in [9.17, 15) is 13.2 Å². The monoisotopic (exact) mass is 297 g/mol. The van der Waals surface area contributed by atoms with Crippen LogP contribution in [-0.4, -0.2) is 11.7 Å². The van der Waals surface area contributed by atoms with E-state index >= 15 is 0 Å². The van der Waals surface area contributed by atoms with Gasteiger partial charge in [-0.3, -0.25) is 0 Å². The van der Waals surface area contributed by atoms with Gasteiger partial charge in [0.1, 0.15) is 0 Å². The molecule has 0 aliphatic heterocycles. The lowest BCUT2D eigenvalue weighted by Gasteiger charge is -2.14. The summed E-state index contributed by atoms with van der Waals surface area (Å²) in [6.45, 7) is -0.103. The van der Waals surface area contributed by atoms with Crippen LogP contribution in [-0.2, 0) is 6.18 Å². The lowest BCUT2D eigenvalue weighted by atomic mass is 10.0. The van der Waals surface area contributed by atoms with Crippen molar-refractivity contribution in [2.75, 3.05) is 6.61 Å². The highest BCUT2D eigenvalue weighted by atomic mass is 79.9. The van der Waals surface area contributed by atoms with Gasteiger partial charge in [-0.2, -0.15) is 13.2 Å². The first-order valence-electron chi connectivity index (χ1n) is 4.59. The molecule has 90 valence electrons. The molecule has 0 fully saturated rings.